The van der Waals surface area contributed by atoms with E-state index in [0.29, 0.717) is 18.1 Å². The average Bonchev–Trinajstić information content (AvgIpc) is 2.69. The van der Waals surface area contributed by atoms with Crippen molar-refractivity contribution >= 4 is 6.09 Å². The van der Waals surface area contributed by atoms with Gasteiger partial charge in [-0.25, -0.2) is 4.79 Å². The van der Waals surface area contributed by atoms with Crippen molar-refractivity contribution in [1.82, 2.24) is 9.80 Å². The Morgan fingerprint density at radius 1 is 1.05 bits per heavy atom. The first-order chi connectivity index (χ1) is 9.94. The highest BCUT2D eigenvalue weighted by molar-refractivity contribution is 5.69. The number of piperidine rings is 1. The third-order valence-electron chi connectivity index (χ3n) is 4.87. The number of carbonyl (C=O) groups is 1. The molecule has 3 saturated heterocycles. The van der Waals surface area contributed by atoms with Crippen LogP contribution in [-0.4, -0.2) is 65.9 Å². The summed E-state index contributed by atoms with van der Waals surface area (Å²) in [6, 6.07) is 1.35. The van der Waals surface area contributed by atoms with Crippen molar-refractivity contribution in [2.75, 3.05) is 26.3 Å². The van der Waals surface area contributed by atoms with E-state index in [0.717, 1.165) is 52.0 Å². The highest BCUT2D eigenvalue weighted by Crippen LogP contribution is 2.38. The molecule has 2 unspecified atom stereocenters. The smallest absolute Gasteiger partial charge is 0.410 e. The van der Waals surface area contributed by atoms with Crippen LogP contribution in [0.1, 0.15) is 46.5 Å². The lowest BCUT2D eigenvalue weighted by atomic mass is 9.96. The molecule has 0 spiro atoms. The molecule has 5 nitrogen and oxygen atoms in total. The summed E-state index contributed by atoms with van der Waals surface area (Å²) in [6.45, 7) is 9.59. The maximum atomic E-state index is 12.4. The van der Waals surface area contributed by atoms with Crippen LogP contribution < -0.4 is 0 Å². The van der Waals surface area contributed by atoms with Gasteiger partial charge in [-0.3, -0.25) is 4.90 Å². The van der Waals surface area contributed by atoms with Gasteiger partial charge in [0.15, 0.2) is 0 Å². The molecule has 3 fully saturated rings. The maximum Gasteiger partial charge on any atom is 0.410 e. The second-order valence-electron chi connectivity index (χ2n) is 7.55. The second kappa shape index (κ2) is 5.76. The fourth-order valence-electron chi connectivity index (χ4n) is 4.00. The first kappa shape index (κ1) is 15.1. The number of hydrogen-bond donors (Lipinski definition) is 0. The number of ether oxygens (including phenoxy) is 2. The van der Waals surface area contributed by atoms with Gasteiger partial charge in [0.1, 0.15) is 5.60 Å². The summed E-state index contributed by atoms with van der Waals surface area (Å²) in [6.07, 6.45) is 4.33. The van der Waals surface area contributed by atoms with Crippen molar-refractivity contribution in [3.8, 4) is 0 Å². The number of rotatable bonds is 1. The number of carbonyl (C=O) groups excluding carboxylic acids is 1. The van der Waals surface area contributed by atoms with Crippen LogP contribution in [0.15, 0.2) is 0 Å². The van der Waals surface area contributed by atoms with Gasteiger partial charge in [0.05, 0.1) is 13.2 Å². The molecule has 5 heteroatoms. The molecule has 0 aromatic rings. The van der Waals surface area contributed by atoms with Crippen LogP contribution in [0.25, 0.3) is 0 Å². The molecule has 0 radical (unpaired) electrons. The predicted molar refractivity (Wildman–Crippen MR) is 80.3 cm³/mol. The van der Waals surface area contributed by atoms with Crippen molar-refractivity contribution in [3.63, 3.8) is 0 Å². The van der Waals surface area contributed by atoms with Crippen LogP contribution in [0.3, 0.4) is 0 Å². The normalized spacial score (nSPS) is 34.0. The fraction of sp³-hybridized carbons (Fsp3) is 0.938. The lowest BCUT2D eigenvalue weighted by Crippen LogP contribution is -2.55. The summed E-state index contributed by atoms with van der Waals surface area (Å²) in [5.74, 6) is 0. The lowest BCUT2D eigenvalue weighted by Gasteiger charge is -2.44. The van der Waals surface area contributed by atoms with Crippen molar-refractivity contribution in [1.29, 1.82) is 0 Å². The Morgan fingerprint density at radius 3 is 2.14 bits per heavy atom. The van der Waals surface area contributed by atoms with E-state index in [1.165, 1.54) is 0 Å². The molecule has 2 atom stereocenters. The Hall–Kier alpha value is -0.810. The summed E-state index contributed by atoms with van der Waals surface area (Å²) in [4.78, 5) is 17.0. The van der Waals surface area contributed by atoms with E-state index in [1.807, 2.05) is 25.7 Å². The minimum absolute atomic E-state index is 0.115. The maximum absolute atomic E-state index is 12.4. The van der Waals surface area contributed by atoms with Crippen molar-refractivity contribution in [2.24, 2.45) is 0 Å². The van der Waals surface area contributed by atoms with Crippen LogP contribution in [0, 0.1) is 0 Å². The van der Waals surface area contributed by atoms with E-state index in [-0.39, 0.29) is 6.09 Å². The zero-order valence-electron chi connectivity index (χ0n) is 13.5. The van der Waals surface area contributed by atoms with E-state index < -0.39 is 5.60 Å². The predicted octanol–water partition coefficient (Wildman–Crippen LogP) is 2.25. The van der Waals surface area contributed by atoms with Crippen molar-refractivity contribution in [3.05, 3.63) is 0 Å². The molecule has 0 saturated carbocycles. The molecule has 2 bridgehead atoms. The van der Waals surface area contributed by atoms with Gasteiger partial charge < -0.3 is 14.4 Å². The first-order valence-electron chi connectivity index (χ1n) is 8.27. The fourth-order valence-corrected chi connectivity index (χ4v) is 4.00. The zero-order chi connectivity index (χ0) is 15.0. The van der Waals surface area contributed by atoms with E-state index in [4.69, 9.17) is 9.47 Å². The topological polar surface area (TPSA) is 42.0 Å². The number of nitrogens with zero attached hydrogens (tertiary/aromatic N) is 2. The highest BCUT2D eigenvalue weighted by Gasteiger charge is 2.46. The Bertz CT molecular complexity index is 373. The van der Waals surface area contributed by atoms with Gasteiger partial charge in [0.25, 0.3) is 0 Å². The molecule has 21 heavy (non-hydrogen) atoms. The first-order valence-corrected chi connectivity index (χ1v) is 8.27. The molecule has 3 rings (SSSR count). The van der Waals surface area contributed by atoms with Gasteiger partial charge in [-0.05, 0) is 46.5 Å². The molecule has 0 N–H and O–H groups in total. The molecule has 0 aromatic heterocycles. The minimum atomic E-state index is -0.405. The van der Waals surface area contributed by atoms with Crippen molar-refractivity contribution in [2.45, 2.75) is 70.2 Å². The summed E-state index contributed by atoms with van der Waals surface area (Å²) >= 11 is 0. The van der Waals surface area contributed by atoms with Crippen LogP contribution in [0.2, 0.25) is 0 Å². The third-order valence-corrected chi connectivity index (χ3v) is 4.87. The average molecular weight is 296 g/mol. The molecule has 3 aliphatic heterocycles. The van der Waals surface area contributed by atoms with Crippen LogP contribution in [0.4, 0.5) is 4.79 Å². The number of fused-ring (bicyclic) bond motifs is 2. The Balaban J connectivity index is 1.62. The van der Waals surface area contributed by atoms with Crippen molar-refractivity contribution < 1.29 is 14.3 Å². The van der Waals surface area contributed by atoms with Crippen LogP contribution >= 0.6 is 0 Å². The van der Waals surface area contributed by atoms with Gasteiger partial charge in [0, 0.05) is 31.2 Å². The SMILES string of the molecule is CC(C)(C)OC(=O)N1C2CCC1CC(N1CCOCC1)C2. The molecular formula is C16H28N2O3. The van der Waals surface area contributed by atoms with Crippen LogP contribution in [0.5, 0.6) is 0 Å². The third kappa shape index (κ3) is 3.34. The molecular weight excluding hydrogens is 268 g/mol. The standard InChI is InChI=1S/C16H28N2O3/c1-16(2,3)21-15(19)18-12-4-5-13(18)11-14(10-12)17-6-8-20-9-7-17/h12-14H,4-11H2,1-3H3. The van der Waals surface area contributed by atoms with Crippen LogP contribution in [-0.2, 0) is 9.47 Å². The van der Waals surface area contributed by atoms with E-state index in [1.54, 1.807) is 0 Å². The zero-order valence-corrected chi connectivity index (χ0v) is 13.5. The lowest BCUT2D eigenvalue weighted by molar-refractivity contribution is -0.0252. The molecule has 3 aliphatic rings. The van der Waals surface area contributed by atoms with E-state index in [9.17, 15) is 4.79 Å². The molecule has 0 aliphatic carbocycles. The molecule has 120 valence electrons. The van der Waals surface area contributed by atoms with E-state index in [2.05, 4.69) is 4.90 Å². The Kier molecular flexibility index (Phi) is 4.14. The summed E-state index contributed by atoms with van der Waals surface area (Å²) in [5.41, 5.74) is -0.405. The quantitative estimate of drug-likeness (QED) is 0.744. The van der Waals surface area contributed by atoms with Gasteiger partial charge in [-0.15, -0.1) is 0 Å². The minimum Gasteiger partial charge on any atom is -0.444 e. The molecule has 0 aromatic carbocycles. The van der Waals surface area contributed by atoms with Gasteiger partial charge in [0.2, 0.25) is 0 Å². The highest BCUT2D eigenvalue weighted by atomic mass is 16.6. The summed E-state index contributed by atoms with van der Waals surface area (Å²) in [5, 5.41) is 0. The number of morpholine rings is 1. The van der Waals surface area contributed by atoms with Gasteiger partial charge in [-0.2, -0.15) is 0 Å². The summed E-state index contributed by atoms with van der Waals surface area (Å²) < 4.78 is 11.0. The number of hydrogen-bond acceptors (Lipinski definition) is 4. The molecule has 1 amide bonds. The van der Waals surface area contributed by atoms with Gasteiger partial charge >= 0.3 is 6.09 Å². The Morgan fingerprint density at radius 2 is 1.62 bits per heavy atom. The largest absolute Gasteiger partial charge is 0.444 e. The second-order valence-corrected chi connectivity index (χ2v) is 7.55. The summed E-state index contributed by atoms with van der Waals surface area (Å²) in [7, 11) is 0. The Labute approximate surface area is 127 Å². The number of amides is 1. The van der Waals surface area contributed by atoms with Gasteiger partial charge in [-0.1, -0.05) is 0 Å². The van der Waals surface area contributed by atoms with E-state index >= 15 is 0 Å². The molecule has 3 heterocycles. The monoisotopic (exact) mass is 296 g/mol.